The summed E-state index contributed by atoms with van der Waals surface area (Å²) in [5.74, 6) is -1.44. The normalized spacial score (nSPS) is 24.1. The molecule has 0 radical (unpaired) electrons. The molecule has 3 nitrogen and oxygen atoms in total. The third-order valence-electron chi connectivity index (χ3n) is 3.40. The first-order valence-corrected chi connectivity index (χ1v) is 6.55. The Labute approximate surface area is 114 Å². The highest BCUT2D eigenvalue weighted by Gasteiger charge is 2.49. The Kier molecular flexibility index (Phi) is 3.73. The Hall–Kier alpha value is -0.940. The van der Waals surface area contributed by atoms with Gasteiger partial charge in [0, 0.05) is 16.1 Å². The van der Waals surface area contributed by atoms with Crippen LogP contribution in [0.15, 0.2) is 22.7 Å². The lowest BCUT2D eigenvalue weighted by atomic mass is 9.99. The zero-order chi connectivity index (χ0) is 13.4. The fraction of sp³-hybridized carbons (Fsp3) is 0.462. The Morgan fingerprint density at radius 2 is 2.22 bits per heavy atom. The minimum absolute atomic E-state index is 0.0127. The van der Waals surface area contributed by atoms with Crippen LogP contribution in [0.5, 0.6) is 0 Å². The van der Waals surface area contributed by atoms with Gasteiger partial charge in [-0.15, -0.1) is 0 Å². The van der Waals surface area contributed by atoms with Crippen LogP contribution in [0.25, 0.3) is 0 Å². The fourth-order valence-electron chi connectivity index (χ4n) is 2.48. The lowest BCUT2D eigenvalue weighted by Crippen LogP contribution is -2.24. The smallest absolute Gasteiger partial charge is 0.306 e. The lowest BCUT2D eigenvalue weighted by Gasteiger charge is -2.25. The molecule has 0 saturated heterocycles. The molecule has 1 aliphatic carbocycles. The molecule has 3 unspecified atom stereocenters. The molecule has 0 spiro atoms. The van der Waals surface area contributed by atoms with Gasteiger partial charge in [-0.05, 0) is 44.6 Å². The topological polar surface area (TPSA) is 40.5 Å². The predicted octanol–water partition coefficient (Wildman–Crippen LogP) is 2.91. The molecule has 1 aromatic rings. The highest BCUT2D eigenvalue weighted by atomic mass is 79.9. The zero-order valence-electron chi connectivity index (χ0n) is 10.2. The van der Waals surface area contributed by atoms with Gasteiger partial charge in [0.1, 0.15) is 5.82 Å². The number of hydrogen-bond donors (Lipinski definition) is 1. The average Bonchev–Trinajstić information content (AvgIpc) is 3.03. The number of hydrogen-bond acceptors (Lipinski definition) is 2. The van der Waals surface area contributed by atoms with Gasteiger partial charge in [-0.3, -0.25) is 4.79 Å². The second-order valence-electron chi connectivity index (χ2n) is 4.92. The molecular formula is C13H15BrFNO2. The van der Waals surface area contributed by atoms with E-state index in [-0.39, 0.29) is 23.7 Å². The van der Waals surface area contributed by atoms with Crippen LogP contribution in [0.3, 0.4) is 0 Å². The summed E-state index contributed by atoms with van der Waals surface area (Å²) in [6.45, 7) is 0. The molecule has 0 heterocycles. The van der Waals surface area contributed by atoms with E-state index in [4.69, 9.17) is 5.11 Å². The first kappa shape index (κ1) is 13.5. The minimum Gasteiger partial charge on any atom is -0.481 e. The quantitative estimate of drug-likeness (QED) is 0.928. The van der Waals surface area contributed by atoms with Gasteiger partial charge in [-0.25, -0.2) is 4.39 Å². The van der Waals surface area contributed by atoms with E-state index in [0.717, 1.165) is 4.47 Å². The molecule has 1 saturated carbocycles. The molecule has 98 valence electrons. The van der Waals surface area contributed by atoms with Crippen molar-refractivity contribution in [2.75, 3.05) is 14.1 Å². The number of rotatable bonds is 4. The maximum atomic E-state index is 13.9. The molecule has 5 heteroatoms. The van der Waals surface area contributed by atoms with Gasteiger partial charge < -0.3 is 10.0 Å². The van der Waals surface area contributed by atoms with E-state index in [0.29, 0.717) is 12.0 Å². The van der Waals surface area contributed by atoms with Crippen LogP contribution in [0.4, 0.5) is 4.39 Å². The van der Waals surface area contributed by atoms with Gasteiger partial charge in [0.25, 0.3) is 0 Å². The number of carboxylic acid groups (broad SMARTS) is 1. The van der Waals surface area contributed by atoms with Crippen LogP contribution in [0.2, 0.25) is 0 Å². The minimum atomic E-state index is -0.790. The second kappa shape index (κ2) is 4.97. The molecule has 0 aliphatic heterocycles. The average molecular weight is 316 g/mol. The van der Waals surface area contributed by atoms with Gasteiger partial charge in [0.15, 0.2) is 0 Å². The van der Waals surface area contributed by atoms with E-state index in [1.807, 2.05) is 19.0 Å². The fourth-order valence-corrected chi connectivity index (χ4v) is 2.86. The van der Waals surface area contributed by atoms with Crippen LogP contribution in [-0.2, 0) is 4.79 Å². The van der Waals surface area contributed by atoms with Gasteiger partial charge >= 0.3 is 5.97 Å². The van der Waals surface area contributed by atoms with Crippen LogP contribution >= 0.6 is 15.9 Å². The summed E-state index contributed by atoms with van der Waals surface area (Å²) in [6, 6.07) is 4.60. The first-order valence-electron chi connectivity index (χ1n) is 5.76. The molecular weight excluding hydrogens is 301 g/mol. The Morgan fingerprint density at radius 3 is 2.72 bits per heavy atom. The number of carboxylic acids is 1. The summed E-state index contributed by atoms with van der Waals surface area (Å²) in [5, 5.41) is 9.00. The molecule has 0 bridgehead atoms. The monoisotopic (exact) mass is 315 g/mol. The summed E-state index contributed by atoms with van der Waals surface area (Å²) in [4.78, 5) is 12.8. The van der Waals surface area contributed by atoms with Crippen molar-refractivity contribution in [3.05, 3.63) is 34.1 Å². The third-order valence-corrected chi connectivity index (χ3v) is 3.89. The molecule has 1 fully saturated rings. The van der Waals surface area contributed by atoms with Gasteiger partial charge in [0.2, 0.25) is 0 Å². The Morgan fingerprint density at radius 1 is 1.56 bits per heavy atom. The third kappa shape index (κ3) is 2.57. The SMILES string of the molecule is CN(C)C(c1cc(Br)ccc1F)C1CC1C(=O)O. The standard InChI is InChI=1S/C13H15BrFNO2/c1-16(2)12(8-6-9(8)13(17)18)10-5-7(14)3-4-11(10)15/h3-5,8-9,12H,6H2,1-2H3,(H,17,18). The lowest BCUT2D eigenvalue weighted by molar-refractivity contribution is -0.139. The number of carbonyl (C=O) groups is 1. The maximum Gasteiger partial charge on any atom is 0.306 e. The summed E-state index contributed by atoms with van der Waals surface area (Å²) >= 11 is 3.33. The largest absolute Gasteiger partial charge is 0.481 e. The van der Waals surface area contributed by atoms with E-state index >= 15 is 0 Å². The molecule has 0 amide bonds. The maximum absolute atomic E-state index is 13.9. The Bertz CT molecular complexity index is 478. The van der Waals surface area contributed by atoms with E-state index < -0.39 is 5.97 Å². The van der Waals surface area contributed by atoms with Crippen molar-refractivity contribution < 1.29 is 14.3 Å². The van der Waals surface area contributed by atoms with E-state index in [9.17, 15) is 9.18 Å². The zero-order valence-corrected chi connectivity index (χ0v) is 11.8. The highest BCUT2D eigenvalue weighted by molar-refractivity contribution is 9.10. The van der Waals surface area contributed by atoms with Crippen LogP contribution in [0.1, 0.15) is 18.0 Å². The van der Waals surface area contributed by atoms with Gasteiger partial charge in [0.05, 0.1) is 5.92 Å². The number of nitrogens with zero attached hydrogens (tertiary/aromatic N) is 1. The molecule has 1 aliphatic rings. The van der Waals surface area contributed by atoms with Gasteiger partial charge in [-0.2, -0.15) is 0 Å². The van der Waals surface area contributed by atoms with Crippen molar-refractivity contribution in [3.63, 3.8) is 0 Å². The van der Waals surface area contributed by atoms with Crippen molar-refractivity contribution in [2.45, 2.75) is 12.5 Å². The van der Waals surface area contributed by atoms with Crippen LogP contribution < -0.4 is 0 Å². The van der Waals surface area contributed by atoms with Crippen LogP contribution in [0, 0.1) is 17.7 Å². The predicted molar refractivity (Wildman–Crippen MR) is 69.8 cm³/mol. The molecule has 1 aromatic carbocycles. The first-order chi connectivity index (χ1) is 8.41. The molecule has 3 atom stereocenters. The van der Waals surface area contributed by atoms with Crippen molar-refractivity contribution in [1.29, 1.82) is 0 Å². The van der Waals surface area contributed by atoms with Gasteiger partial charge in [-0.1, -0.05) is 15.9 Å². The second-order valence-corrected chi connectivity index (χ2v) is 5.83. The van der Waals surface area contributed by atoms with E-state index in [1.54, 1.807) is 12.1 Å². The van der Waals surface area contributed by atoms with Crippen molar-refractivity contribution in [3.8, 4) is 0 Å². The van der Waals surface area contributed by atoms with Crippen molar-refractivity contribution in [2.24, 2.45) is 11.8 Å². The van der Waals surface area contributed by atoms with Crippen molar-refractivity contribution in [1.82, 2.24) is 4.90 Å². The Balaban J connectivity index is 2.31. The van der Waals surface area contributed by atoms with E-state index in [2.05, 4.69) is 15.9 Å². The molecule has 18 heavy (non-hydrogen) atoms. The number of halogens is 2. The van der Waals surface area contributed by atoms with Crippen LogP contribution in [-0.4, -0.2) is 30.1 Å². The molecule has 0 aromatic heterocycles. The summed E-state index contributed by atoms with van der Waals surface area (Å²) < 4.78 is 14.7. The summed E-state index contributed by atoms with van der Waals surface area (Å²) in [6.07, 6.45) is 0.615. The molecule has 2 rings (SSSR count). The summed E-state index contributed by atoms with van der Waals surface area (Å²) in [5.41, 5.74) is 0.558. The number of benzene rings is 1. The molecule has 1 N–H and O–H groups in total. The summed E-state index contributed by atoms with van der Waals surface area (Å²) in [7, 11) is 3.70. The highest BCUT2D eigenvalue weighted by Crippen LogP contribution is 2.50. The van der Waals surface area contributed by atoms with E-state index in [1.165, 1.54) is 6.07 Å². The van der Waals surface area contributed by atoms with Crippen molar-refractivity contribution >= 4 is 21.9 Å². The number of aliphatic carboxylic acids is 1.